The van der Waals surface area contributed by atoms with Gasteiger partial charge in [0, 0.05) is 44.1 Å². The van der Waals surface area contributed by atoms with E-state index in [1.54, 1.807) is 12.1 Å². The number of aryl methyl sites for hydroxylation is 1. The maximum atomic E-state index is 12.7. The lowest BCUT2D eigenvalue weighted by Crippen LogP contribution is -2.50. The molecule has 0 unspecified atom stereocenters. The molecule has 1 fully saturated rings. The molecule has 5 rings (SSSR count). The van der Waals surface area contributed by atoms with E-state index in [-0.39, 0.29) is 12.8 Å². The largest absolute Gasteiger partial charge is 0.454 e. The average Bonchev–Trinajstić information content (AvgIpc) is 3.39. The number of ether oxygens (including phenoxy) is 2. The maximum Gasteiger partial charge on any atom is 0.313 e. The molecule has 186 valence electrons. The molecule has 0 aliphatic carbocycles. The molecule has 1 saturated heterocycles. The Bertz CT molecular complexity index is 1210. The minimum atomic E-state index is -0.683. The average molecular weight is 487 g/mol. The van der Waals surface area contributed by atoms with Crippen LogP contribution < -0.4 is 25.0 Å². The normalized spacial score (nSPS) is 15.9. The van der Waals surface area contributed by atoms with Crippen LogP contribution in [0.25, 0.3) is 0 Å². The topological polar surface area (TPSA) is 83.1 Å². The second-order valence-electron chi connectivity index (χ2n) is 9.02. The van der Waals surface area contributed by atoms with Crippen molar-refractivity contribution in [1.82, 2.24) is 10.2 Å². The van der Waals surface area contributed by atoms with Crippen molar-refractivity contribution < 1.29 is 19.1 Å². The van der Waals surface area contributed by atoms with E-state index in [9.17, 15) is 9.59 Å². The van der Waals surface area contributed by atoms with Crippen LogP contribution in [-0.2, 0) is 9.59 Å². The SMILES string of the molecule is Cc1ccc(NC(=O)C(=O)NC[C@@H](c2ccc3c(c2)OCO3)N2CCN(c3ccccc3)CC2)cc1. The number of anilines is 2. The lowest BCUT2D eigenvalue weighted by molar-refractivity contribution is -0.136. The Hall–Kier alpha value is -4.04. The molecule has 0 aromatic heterocycles. The summed E-state index contributed by atoms with van der Waals surface area (Å²) in [6, 6.07) is 23.5. The number of nitrogens with one attached hydrogen (secondary N) is 2. The van der Waals surface area contributed by atoms with Crippen LogP contribution in [0.15, 0.2) is 72.8 Å². The first-order chi connectivity index (χ1) is 17.6. The lowest BCUT2D eigenvalue weighted by Gasteiger charge is -2.40. The van der Waals surface area contributed by atoms with Crippen LogP contribution in [0.4, 0.5) is 11.4 Å². The van der Waals surface area contributed by atoms with E-state index in [0.717, 1.165) is 37.3 Å². The van der Waals surface area contributed by atoms with Gasteiger partial charge in [-0.15, -0.1) is 0 Å². The van der Waals surface area contributed by atoms with Gasteiger partial charge in [-0.25, -0.2) is 0 Å². The molecule has 2 amide bonds. The zero-order valence-electron chi connectivity index (χ0n) is 20.3. The summed E-state index contributed by atoms with van der Waals surface area (Å²) in [7, 11) is 0. The van der Waals surface area contributed by atoms with Crippen LogP contribution in [0.5, 0.6) is 11.5 Å². The van der Waals surface area contributed by atoms with Crippen LogP contribution in [0, 0.1) is 6.92 Å². The van der Waals surface area contributed by atoms with E-state index in [1.165, 1.54) is 5.69 Å². The third kappa shape index (κ3) is 5.44. The van der Waals surface area contributed by atoms with E-state index < -0.39 is 11.8 Å². The van der Waals surface area contributed by atoms with Crippen LogP contribution in [0.1, 0.15) is 17.2 Å². The number of piperazine rings is 1. The molecule has 3 aromatic rings. The minimum absolute atomic E-state index is 0.117. The summed E-state index contributed by atoms with van der Waals surface area (Å²) >= 11 is 0. The van der Waals surface area contributed by atoms with Crippen molar-refractivity contribution in [2.75, 3.05) is 49.7 Å². The summed E-state index contributed by atoms with van der Waals surface area (Å²) in [6.45, 7) is 5.84. The molecule has 0 radical (unpaired) electrons. The van der Waals surface area contributed by atoms with E-state index in [2.05, 4.69) is 32.6 Å². The Morgan fingerprint density at radius 2 is 1.58 bits per heavy atom. The Morgan fingerprint density at radius 3 is 2.33 bits per heavy atom. The number of benzene rings is 3. The second-order valence-corrected chi connectivity index (χ2v) is 9.02. The number of para-hydroxylation sites is 1. The molecule has 2 N–H and O–H groups in total. The monoisotopic (exact) mass is 486 g/mol. The van der Waals surface area contributed by atoms with Gasteiger partial charge in [-0.1, -0.05) is 42.0 Å². The highest BCUT2D eigenvalue weighted by molar-refractivity contribution is 6.39. The predicted molar refractivity (Wildman–Crippen MR) is 138 cm³/mol. The third-order valence-corrected chi connectivity index (χ3v) is 6.63. The van der Waals surface area contributed by atoms with Gasteiger partial charge in [0.05, 0.1) is 6.04 Å². The quantitative estimate of drug-likeness (QED) is 0.520. The van der Waals surface area contributed by atoms with Crippen molar-refractivity contribution in [2.24, 2.45) is 0 Å². The van der Waals surface area contributed by atoms with Crippen LogP contribution in [-0.4, -0.2) is 56.2 Å². The summed E-state index contributed by atoms with van der Waals surface area (Å²) in [5.74, 6) is 0.0678. The fraction of sp³-hybridized carbons (Fsp3) is 0.286. The van der Waals surface area contributed by atoms with Crippen molar-refractivity contribution in [2.45, 2.75) is 13.0 Å². The number of hydrogen-bond donors (Lipinski definition) is 2. The lowest BCUT2D eigenvalue weighted by atomic mass is 10.0. The highest BCUT2D eigenvalue weighted by Gasteiger charge is 2.28. The minimum Gasteiger partial charge on any atom is -0.454 e. The number of rotatable bonds is 6. The Balaban J connectivity index is 1.27. The predicted octanol–water partition coefficient (Wildman–Crippen LogP) is 3.34. The molecule has 0 bridgehead atoms. The Morgan fingerprint density at radius 1 is 0.861 bits per heavy atom. The smallest absolute Gasteiger partial charge is 0.313 e. The molecule has 2 aliphatic heterocycles. The second kappa shape index (κ2) is 10.7. The van der Waals surface area contributed by atoms with Gasteiger partial charge in [-0.05, 0) is 48.9 Å². The van der Waals surface area contributed by atoms with Crippen LogP contribution >= 0.6 is 0 Å². The van der Waals surface area contributed by atoms with Crippen molar-refractivity contribution in [1.29, 1.82) is 0 Å². The number of amides is 2. The highest BCUT2D eigenvalue weighted by atomic mass is 16.7. The maximum absolute atomic E-state index is 12.7. The van der Waals surface area contributed by atoms with Gasteiger partial charge < -0.3 is 25.0 Å². The zero-order valence-corrected chi connectivity index (χ0v) is 20.3. The molecule has 8 heteroatoms. The van der Waals surface area contributed by atoms with Gasteiger partial charge in [0.1, 0.15) is 0 Å². The van der Waals surface area contributed by atoms with Gasteiger partial charge in [-0.3, -0.25) is 14.5 Å². The van der Waals surface area contributed by atoms with Crippen molar-refractivity contribution >= 4 is 23.2 Å². The first-order valence-electron chi connectivity index (χ1n) is 12.2. The van der Waals surface area contributed by atoms with Crippen molar-refractivity contribution in [3.8, 4) is 11.5 Å². The van der Waals surface area contributed by atoms with E-state index >= 15 is 0 Å². The Kier molecular flexibility index (Phi) is 7.04. The summed E-state index contributed by atoms with van der Waals surface area (Å²) in [5.41, 5.74) is 3.88. The van der Waals surface area contributed by atoms with Crippen LogP contribution in [0.3, 0.4) is 0 Å². The number of fused-ring (bicyclic) bond motifs is 1. The molecule has 1 atom stereocenters. The van der Waals surface area contributed by atoms with Gasteiger partial charge >= 0.3 is 11.8 Å². The van der Waals surface area contributed by atoms with Crippen LogP contribution in [0.2, 0.25) is 0 Å². The van der Waals surface area contributed by atoms with E-state index in [4.69, 9.17) is 9.47 Å². The molecule has 0 saturated carbocycles. The standard InChI is InChI=1S/C28H30N4O4/c1-20-7-10-22(11-8-20)30-28(34)27(33)29-18-24(21-9-12-25-26(17-21)36-19-35-25)32-15-13-31(14-16-32)23-5-3-2-4-6-23/h2-12,17,24H,13-16,18-19H2,1H3,(H,29,33)(H,30,34)/t24-/m0/s1. The molecule has 3 aromatic carbocycles. The molecule has 36 heavy (non-hydrogen) atoms. The molecular formula is C28H30N4O4. The van der Waals surface area contributed by atoms with Crippen molar-refractivity contribution in [3.63, 3.8) is 0 Å². The number of carbonyl (C=O) groups is 2. The first-order valence-corrected chi connectivity index (χ1v) is 12.2. The van der Waals surface area contributed by atoms with E-state index in [1.807, 2.05) is 55.5 Å². The Labute approximate surface area is 210 Å². The van der Waals surface area contributed by atoms with Gasteiger partial charge in [-0.2, -0.15) is 0 Å². The first kappa shape index (κ1) is 23.7. The summed E-state index contributed by atoms with van der Waals surface area (Å²) in [5, 5.41) is 5.50. The van der Waals surface area contributed by atoms with Crippen molar-refractivity contribution in [3.05, 3.63) is 83.9 Å². The number of hydrogen-bond acceptors (Lipinski definition) is 6. The summed E-state index contributed by atoms with van der Waals surface area (Å²) in [6.07, 6.45) is 0. The number of carbonyl (C=O) groups excluding carboxylic acids is 2. The third-order valence-electron chi connectivity index (χ3n) is 6.63. The molecule has 2 heterocycles. The van der Waals surface area contributed by atoms with Gasteiger partial charge in [0.2, 0.25) is 6.79 Å². The van der Waals surface area contributed by atoms with Gasteiger partial charge in [0.25, 0.3) is 0 Å². The molecule has 2 aliphatic rings. The van der Waals surface area contributed by atoms with E-state index in [0.29, 0.717) is 23.7 Å². The fourth-order valence-electron chi connectivity index (χ4n) is 4.60. The summed E-state index contributed by atoms with van der Waals surface area (Å²) in [4.78, 5) is 29.9. The summed E-state index contributed by atoms with van der Waals surface area (Å²) < 4.78 is 11.1. The molecule has 8 nitrogen and oxygen atoms in total. The van der Waals surface area contributed by atoms with Gasteiger partial charge in [0.15, 0.2) is 11.5 Å². The zero-order chi connectivity index (χ0) is 24.9. The highest BCUT2D eigenvalue weighted by Crippen LogP contribution is 2.35. The number of nitrogens with zero attached hydrogens (tertiary/aromatic N) is 2. The fourth-order valence-corrected chi connectivity index (χ4v) is 4.60. The molecule has 0 spiro atoms. The molecular weight excluding hydrogens is 456 g/mol.